The Morgan fingerprint density at radius 3 is 2.74 bits per heavy atom. The van der Waals surface area contributed by atoms with Crippen molar-refractivity contribution in [2.24, 2.45) is 5.92 Å². The quantitative estimate of drug-likeness (QED) is 0.649. The first-order chi connectivity index (χ1) is 15.1. The number of hydrogen-bond acceptors (Lipinski definition) is 5. The minimum Gasteiger partial charge on any atom is -0.497 e. The second kappa shape index (κ2) is 10.2. The van der Waals surface area contributed by atoms with Crippen molar-refractivity contribution in [3.05, 3.63) is 65.5 Å². The summed E-state index contributed by atoms with van der Waals surface area (Å²) in [5.74, 6) is 2.64. The molecule has 3 heterocycles. The fourth-order valence-electron chi connectivity index (χ4n) is 4.71. The highest BCUT2D eigenvalue weighted by Crippen LogP contribution is 2.26. The SMILES string of the molecule is C=C(NCCCN1CCc2cc(OC)ccc2C1)C1CCN(c2ccc(C)cn2)CC1. The molecule has 0 unspecified atom stereocenters. The number of ether oxygens (including phenoxy) is 1. The molecule has 5 nitrogen and oxygen atoms in total. The Morgan fingerprint density at radius 2 is 2.00 bits per heavy atom. The van der Waals surface area contributed by atoms with Crippen LogP contribution in [0.25, 0.3) is 0 Å². The maximum absolute atomic E-state index is 5.36. The van der Waals surface area contributed by atoms with Crippen molar-refractivity contribution in [2.45, 2.75) is 39.2 Å². The summed E-state index contributed by atoms with van der Waals surface area (Å²) in [7, 11) is 1.74. The number of nitrogens with one attached hydrogen (secondary N) is 1. The number of benzene rings is 1. The van der Waals surface area contributed by atoms with Crippen LogP contribution in [-0.2, 0) is 13.0 Å². The zero-order valence-electron chi connectivity index (χ0n) is 19.1. The number of rotatable bonds is 8. The van der Waals surface area contributed by atoms with E-state index in [0.717, 1.165) is 76.5 Å². The van der Waals surface area contributed by atoms with E-state index >= 15 is 0 Å². The molecule has 0 radical (unpaired) electrons. The molecule has 0 aliphatic carbocycles. The Labute approximate surface area is 187 Å². The molecule has 2 aliphatic heterocycles. The van der Waals surface area contributed by atoms with Gasteiger partial charge in [0.2, 0.25) is 0 Å². The van der Waals surface area contributed by atoms with Crippen molar-refractivity contribution in [1.82, 2.24) is 15.2 Å². The number of methoxy groups -OCH3 is 1. The smallest absolute Gasteiger partial charge is 0.128 e. The molecule has 1 aromatic carbocycles. The second-order valence-electron chi connectivity index (χ2n) is 8.92. The molecule has 31 heavy (non-hydrogen) atoms. The van der Waals surface area contributed by atoms with Gasteiger partial charge in [-0.3, -0.25) is 4.90 Å². The molecule has 1 saturated heterocycles. The van der Waals surface area contributed by atoms with Gasteiger partial charge in [0.25, 0.3) is 0 Å². The highest BCUT2D eigenvalue weighted by atomic mass is 16.5. The fourth-order valence-corrected chi connectivity index (χ4v) is 4.71. The van der Waals surface area contributed by atoms with E-state index in [4.69, 9.17) is 4.74 Å². The van der Waals surface area contributed by atoms with Gasteiger partial charge in [-0.2, -0.15) is 0 Å². The van der Waals surface area contributed by atoms with E-state index in [0.29, 0.717) is 5.92 Å². The second-order valence-corrected chi connectivity index (χ2v) is 8.92. The number of aromatic nitrogens is 1. The first-order valence-corrected chi connectivity index (χ1v) is 11.6. The minimum atomic E-state index is 0.568. The van der Waals surface area contributed by atoms with E-state index in [1.165, 1.54) is 22.4 Å². The summed E-state index contributed by atoms with van der Waals surface area (Å²) in [6.45, 7) is 12.9. The summed E-state index contributed by atoms with van der Waals surface area (Å²) >= 11 is 0. The topological polar surface area (TPSA) is 40.6 Å². The van der Waals surface area contributed by atoms with E-state index in [-0.39, 0.29) is 0 Å². The van der Waals surface area contributed by atoms with E-state index in [9.17, 15) is 0 Å². The first-order valence-electron chi connectivity index (χ1n) is 11.6. The van der Waals surface area contributed by atoms with Gasteiger partial charge in [-0.1, -0.05) is 18.7 Å². The number of anilines is 1. The highest BCUT2D eigenvalue weighted by molar-refractivity contribution is 5.40. The van der Waals surface area contributed by atoms with Crippen LogP contribution in [0.3, 0.4) is 0 Å². The fraction of sp³-hybridized carbons (Fsp3) is 0.500. The van der Waals surface area contributed by atoms with Gasteiger partial charge in [-0.25, -0.2) is 4.98 Å². The Balaban J connectivity index is 1.14. The van der Waals surface area contributed by atoms with Gasteiger partial charge in [-0.05, 0) is 67.5 Å². The van der Waals surface area contributed by atoms with Crippen LogP contribution in [-0.4, -0.2) is 49.7 Å². The highest BCUT2D eigenvalue weighted by Gasteiger charge is 2.22. The van der Waals surface area contributed by atoms with Crippen LogP contribution in [0.15, 0.2) is 48.8 Å². The zero-order valence-corrected chi connectivity index (χ0v) is 19.1. The molecule has 1 N–H and O–H groups in total. The summed E-state index contributed by atoms with van der Waals surface area (Å²) in [5.41, 5.74) is 5.31. The van der Waals surface area contributed by atoms with Gasteiger partial charge in [0.15, 0.2) is 0 Å². The van der Waals surface area contributed by atoms with Gasteiger partial charge >= 0.3 is 0 Å². The molecule has 0 saturated carbocycles. The Bertz CT molecular complexity index is 871. The Morgan fingerprint density at radius 1 is 1.16 bits per heavy atom. The van der Waals surface area contributed by atoms with Crippen LogP contribution in [0.2, 0.25) is 0 Å². The van der Waals surface area contributed by atoms with Crippen molar-refractivity contribution in [1.29, 1.82) is 0 Å². The van der Waals surface area contributed by atoms with Crippen LogP contribution >= 0.6 is 0 Å². The third-order valence-electron chi connectivity index (χ3n) is 6.72. The van der Waals surface area contributed by atoms with E-state index in [1.807, 2.05) is 6.20 Å². The van der Waals surface area contributed by atoms with Gasteiger partial charge in [0.05, 0.1) is 7.11 Å². The molecule has 1 aromatic heterocycles. The van der Waals surface area contributed by atoms with E-state index in [1.54, 1.807) is 7.11 Å². The molecule has 0 spiro atoms. The lowest BCUT2D eigenvalue weighted by Crippen LogP contribution is -2.37. The molecule has 0 atom stereocenters. The predicted molar refractivity (Wildman–Crippen MR) is 128 cm³/mol. The van der Waals surface area contributed by atoms with Crippen molar-refractivity contribution in [3.8, 4) is 5.75 Å². The summed E-state index contributed by atoms with van der Waals surface area (Å²) in [4.78, 5) is 9.53. The number of nitrogens with zero attached hydrogens (tertiary/aromatic N) is 3. The van der Waals surface area contributed by atoms with Crippen LogP contribution in [0.5, 0.6) is 5.75 Å². The van der Waals surface area contributed by atoms with Gasteiger partial charge in [-0.15, -0.1) is 0 Å². The molecule has 0 amide bonds. The number of hydrogen-bond donors (Lipinski definition) is 1. The molecule has 5 heteroatoms. The molecule has 2 aliphatic rings. The standard InChI is InChI=1S/C26H36N4O/c1-20-5-8-26(28-18-20)30-15-10-22(11-16-30)21(2)27-12-4-13-29-14-9-23-17-25(31-3)7-6-24(23)19-29/h5-8,17-18,22,27H,2,4,9-16,19H2,1,3H3. The van der Waals surface area contributed by atoms with E-state index < -0.39 is 0 Å². The Hall–Kier alpha value is -2.53. The number of allylic oxidation sites excluding steroid dienone is 1. The summed E-state index contributed by atoms with van der Waals surface area (Å²) in [6, 6.07) is 10.8. The van der Waals surface area contributed by atoms with Crippen molar-refractivity contribution in [3.63, 3.8) is 0 Å². The third kappa shape index (κ3) is 5.59. The number of piperidine rings is 1. The van der Waals surface area contributed by atoms with Gasteiger partial charge in [0, 0.05) is 57.1 Å². The van der Waals surface area contributed by atoms with Crippen LogP contribution in [0, 0.1) is 12.8 Å². The average Bonchev–Trinajstić information content (AvgIpc) is 2.82. The largest absolute Gasteiger partial charge is 0.497 e. The lowest BCUT2D eigenvalue weighted by atomic mass is 9.94. The zero-order chi connectivity index (χ0) is 21.6. The van der Waals surface area contributed by atoms with Gasteiger partial charge < -0.3 is 15.0 Å². The summed E-state index contributed by atoms with van der Waals surface area (Å²) in [6.07, 6.45) is 6.51. The lowest BCUT2D eigenvalue weighted by Gasteiger charge is -2.34. The molecular formula is C26H36N4O. The predicted octanol–water partition coefficient (Wildman–Crippen LogP) is 4.17. The normalized spacial score (nSPS) is 17.3. The monoisotopic (exact) mass is 420 g/mol. The van der Waals surface area contributed by atoms with Crippen LogP contribution in [0.1, 0.15) is 36.0 Å². The molecule has 166 valence electrons. The maximum atomic E-state index is 5.36. The first kappa shape index (κ1) is 21.7. The van der Waals surface area contributed by atoms with Crippen molar-refractivity contribution < 1.29 is 4.74 Å². The third-order valence-corrected chi connectivity index (χ3v) is 6.72. The van der Waals surface area contributed by atoms with Gasteiger partial charge in [0.1, 0.15) is 11.6 Å². The molecule has 2 aromatic rings. The molecule has 0 bridgehead atoms. The van der Waals surface area contributed by atoms with Crippen LogP contribution in [0.4, 0.5) is 5.82 Å². The van der Waals surface area contributed by atoms with Crippen molar-refractivity contribution in [2.75, 3.05) is 44.7 Å². The lowest BCUT2D eigenvalue weighted by molar-refractivity contribution is 0.250. The average molecular weight is 421 g/mol. The van der Waals surface area contributed by atoms with Crippen molar-refractivity contribution >= 4 is 5.82 Å². The number of pyridine rings is 1. The van der Waals surface area contributed by atoms with E-state index in [2.05, 4.69) is 63.9 Å². The van der Waals surface area contributed by atoms with Crippen LogP contribution < -0.4 is 15.0 Å². The molecule has 1 fully saturated rings. The summed E-state index contributed by atoms with van der Waals surface area (Å²) < 4.78 is 5.36. The minimum absolute atomic E-state index is 0.568. The number of fused-ring (bicyclic) bond motifs is 1. The maximum Gasteiger partial charge on any atom is 0.128 e. The Kier molecular flexibility index (Phi) is 7.13. The molecule has 4 rings (SSSR count). The summed E-state index contributed by atoms with van der Waals surface area (Å²) in [5, 5.41) is 3.62. The molecular weight excluding hydrogens is 384 g/mol. The number of aryl methyl sites for hydroxylation is 1.